The Balaban J connectivity index is 1.93. The van der Waals surface area contributed by atoms with Crippen LogP contribution < -0.4 is 11.1 Å². The van der Waals surface area contributed by atoms with Gasteiger partial charge in [0.05, 0.1) is 17.6 Å². The number of hydrogen-bond donors (Lipinski definition) is 2. The van der Waals surface area contributed by atoms with Crippen LogP contribution in [-0.2, 0) is 0 Å². The van der Waals surface area contributed by atoms with Crippen LogP contribution in [-0.4, -0.2) is 15.3 Å². The zero-order valence-electron chi connectivity index (χ0n) is 10.5. The second-order valence-corrected chi connectivity index (χ2v) is 4.34. The molecule has 1 atom stereocenters. The molecule has 0 aliphatic heterocycles. The van der Waals surface area contributed by atoms with E-state index in [4.69, 9.17) is 14.8 Å². The molecule has 0 saturated carbocycles. The standard InChI is InChI=1S/C12H13N5O2/c1-6-5-14-12(18-6)7(2)15-9-4-3-8(13)10-11(9)17-19-16-10/h3-5,7,15H,13H2,1-2H3. The third-order valence-electron chi connectivity index (χ3n) is 2.83. The van der Waals surface area contributed by atoms with Gasteiger partial charge < -0.3 is 15.5 Å². The number of nitrogens with zero attached hydrogens (tertiary/aromatic N) is 3. The van der Waals surface area contributed by atoms with Crippen LogP contribution in [0.1, 0.15) is 24.6 Å². The van der Waals surface area contributed by atoms with Crippen LogP contribution in [0.25, 0.3) is 11.0 Å². The largest absolute Gasteiger partial charge is 0.444 e. The van der Waals surface area contributed by atoms with Crippen molar-refractivity contribution >= 4 is 22.4 Å². The Bertz CT molecular complexity index is 718. The minimum atomic E-state index is -0.0998. The zero-order chi connectivity index (χ0) is 13.4. The Labute approximate surface area is 108 Å². The molecule has 1 unspecified atom stereocenters. The Morgan fingerprint density at radius 2 is 2.05 bits per heavy atom. The number of hydrogen-bond acceptors (Lipinski definition) is 7. The number of nitrogens with two attached hydrogens (primary N) is 1. The normalized spacial score (nSPS) is 12.7. The van der Waals surface area contributed by atoms with Gasteiger partial charge >= 0.3 is 0 Å². The fourth-order valence-electron chi connectivity index (χ4n) is 1.87. The summed E-state index contributed by atoms with van der Waals surface area (Å²) in [4.78, 5) is 4.18. The lowest BCUT2D eigenvalue weighted by atomic mass is 10.2. The molecule has 0 aliphatic rings. The van der Waals surface area contributed by atoms with Gasteiger partial charge in [-0.2, -0.15) is 0 Å². The molecule has 0 saturated heterocycles. The summed E-state index contributed by atoms with van der Waals surface area (Å²) >= 11 is 0. The number of anilines is 2. The van der Waals surface area contributed by atoms with E-state index in [2.05, 4.69) is 20.6 Å². The fourth-order valence-corrected chi connectivity index (χ4v) is 1.87. The molecule has 19 heavy (non-hydrogen) atoms. The van der Waals surface area contributed by atoms with Gasteiger partial charge in [-0.3, -0.25) is 0 Å². The first-order chi connectivity index (χ1) is 9.15. The van der Waals surface area contributed by atoms with E-state index in [1.165, 1.54) is 0 Å². The van der Waals surface area contributed by atoms with E-state index in [-0.39, 0.29) is 6.04 Å². The summed E-state index contributed by atoms with van der Waals surface area (Å²) in [6.07, 6.45) is 1.68. The smallest absolute Gasteiger partial charge is 0.216 e. The highest BCUT2D eigenvalue weighted by molar-refractivity contribution is 5.95. The monoisotopic (exact) mass is 259 g/mol. The fraction of sp³-hybridized carbons (Fsp3) is 0.250. The molecular weight excluding hydrogens is 246 g/mol. The maximum atomic E-state index is 5.79. The number of aryl methyl sites for hydroxylation is 1. The highest BCUT2D eigenvalue weighted by Crippen LogP contribution is 2.28. The van der Waals surface area contributed by atoms with Gasteiger partial charge in [0.2, 0.25) is 5.89 Å². The van der Waals surface area contributed by atoms with Gasteiger partial charge in [0.25, 0.3) is 0 Å². The average molecular weight is 259 g/mol. The third kappa shape index (κ3) is 1.99. The Morgan fingerprint density at radius 1 is 1.26 bits per heavy atom. The van der Waals surface area contributed by atoms with Gasteiger partial charge in [-0.1, -0.05) is 0 Å². The lowest BCUT2D eigenvalue weighted by Gasteiger charge is -2.12. The van der Waals surface area contributed by atoms with Crippen LogP contribution >= 0.6 is 0 Å². The minimum Gasteiger partial charge on any atom is -0.444 e. The first-order valence-electron chi connectivity index (χ1n) is 5.85. The molecule has 7 heteroatoms. The molecule has 0 radical (unpaired) electrons. The number of nitrogen functional groups attached to an aromatic ring is 1. The molecule has 3 aromatic rings. The molecule has 2 heterocycles. The van der Waals surface area contributed by atoms with Crippen LogP contribution in [0.15, 0.2) is 27.4 Å². The van der Waals surface area contributed by atoms with Crippen molar-refractivity contribution in [2.75, 3.05) is 11.1 Å². The van der Waals surface area contributed by atoms with Crippen LogP contribution in [0.5, 0.6) is 0 Å². The molecule has 2 aromatic heterocycles. The molecule has 0 amide bonds. The van der Waals surface area contributed by atoms with Gasteiger partial charge in [-0.15, -0.1) is 0 Å². The van der Waals surface area contributed by atoms with Crippen molar-refractivity contribution in [1.29, 1.82) is 0 Å². The predicted molar refractivity (Wildman–Crippen MR) is 69.5 cm³/mol. The van der Waals surface area contributed by atoms with Crippen LogP contribution in [0.2, 0.25) is 0 Å². The van der Waals surface area contributed by atoms with E-state index in [1.807, 2.05) is 19.9 Å². The summed E-state index contributed by atoms with van der Waals surface area (Å²) < 4.78 is 10.2. The van der Waals surface area contributed by atoms with E-state index in [9.17, 15) is 0 Å². The van der Waals surface area contributed by atoms with Crippen molar-refractivity contribution in [2.45, 2.75) is 19.9 Å². The number of fused-ring (bicyclic) bond motifs is 1. The maximum Gasteiger partial charge on any atom is 0.216 e. The van der Waals surface area contributed by atoms with Crippen molar-refractivity contribution in [1.82, 2.24) is 15.3 Å². The molecule has 0 bridgehead atoms. The van der Waals surface area contributed by atoms with Crippen molar-refractivity contribution in [3.63, 3.8) is 0 Å². The number of aromatic nitrogens is 3. The summed E-state index contributed by atoms with van der Waals surface area (Å²) in [5.74, 6) is 1.38. The van der Waals surface area contributed by atoms with Gasteiger partial charge in [-0.05, 0) is 36.3 Å². The lowest BCUT2D eigenvalue weighted by molar-refractivity contribution is 0.315. The van der Waals surface area contributed by atoms with E-state index < -0.39 is 0 Å². The van der Waals surface area contributed by atoms with E-state index in [0.29, 0.717) is 22.6 Å². The summed E-state index contributed by atoms with van der Waals surface area (Å²) in [6.45, 7) is 3.80. The SMILES string of the molecule is Cc1cnc(C(C)Nc2ccc(N)c3nonc23)o1. The molecule has 3 N–H and O–H groups in total. The molecule has 98 valence electrons. The van der Waals surface area contributed by atoms with E-state index in [0.717, 1.165) is 11.4 Å². The summed E-state index contributed by atoms with van der Waals surface area (Å²) in [5.41, 5.74) is 8.23. The second-order valence-electron chi connectivity index (χ2n) is 4.34. The van der Waals surface area contributed by atoms with Gasteiger partial charge in [-0.25, -0.2) is 9.61 Å². The molecule has 0 aliphatic carbocycles. The first kappa shape index (κ1) is 11.5. The van der Waals surface area contributed by atoms with E-state index >= 15 is 0 Å². The highest BCUT2D eigenvalue weighted by Gasteiger charge is 2.15. The third-order valence-corrected chi connectivity index (χ3v) is 2.83. The topological polar surface area (TPSA) is 103 Å². The Morgan fingerprint density at radius 3 is 2.79 bits per heavy atom. The number of rotatable bonds is 3. The van der Waals surface area contributed by atoms with Gasteiger partial charge in [0, 0.05) is 0 Å². The van der Waals surface area contributed by atoms with Crippen molar-refractivity contribution < 1.29 is 9.05 Å². The molecule has 0 spiro atoms. The Kier molecular flexibility index (Phi) is 2.59. The minimum absolute atomic E-state index is 0.0998. The van der Waals surface area contributed by atoms with Crippen LogP contribution in [0, 0.1) is 6.92 Å². The van der Waals surface area contributed by atoms with Crippen molar-refractivity contribution in [3.8, 4) is 0 Å². The number of nitrogens with one attached hydrogen (secondary N) is 1. The molecular formula is C12H13N5O2. The number of oxazole rings is 1. The quantitative estimate of drug-likeness (QED) is 0.695. The Hall–Kier alpha value is -2.57. The van der Waals surface area contributed by atoms with E-state index in [1.54, 1.807) is 12.3 Å². The van der Waals surface area contributed by atoms with Crippen molar-refractivity contribution in [3.05, 3.63) is 30.0 Å². The highest BCUT2D eigenvalue weighted by atomic mass is 16.6. The van der Waals surface area contributed by atoms with Crippen LogP contribution in [0.3, 0.4) is 0 Å². The predicted octanol–water partition coefficient (Wildman–Crippen LogP) is 2.27. The summed E-state index contributed by atoms with van der Waals surface area (Å²) in [6, 6.07) is 3.48. The van der Waals surface area contributed by atoms with Crippen molar-refractivity contribution in [2.24, 2.45) is 0 Å². The van der Waals surface area contributed by atoms with Gasteiger partial charge in [0.15, 0.2) is 11.0 Å². The number of benzene rings is 1. The molecule has 0 fully saturated rings. The lowest BCUT2D eigenvalue weighted by Crippen LogP contribution is -2.07. The maximum absolute atomic E-state index is 5.79. The zero-order valence-corrected chi connectivity index (χ0v) is 10.5. The second kappa shape index (κ2) is 4.27. The molecule has 7 nitrogen and oxygen atoms in total. The molecule has 1 aromatic carbocycles. The summed E-state index contributed by atoms with van der Waals surface area (Å²) in [5, 5.41) is 10.9. The summed E-state index contributed by atoms with van der Waals surface area (Å²) in [7, 11) is 0. The average Bonchev–Trinajstić information content (AvgIpc) is 3.01. The van der Waals surface area contributed by atoms with Gasteiger partial charge in [0.1, 0.15) is 11.8 Å². The van der Waals surface area contributed by atoms with Crippen LogP contribution in [0.4, 0.5) is 11.4 Å². The molecule has 3 rings (SSSR count). The first-order valence-corrected chi connectivity index (χ1v) is 5.85.